The normalized spacial score (nSPS) is 10.0. The molecular weight excluding hydrogens is 311 g/mol. The number of hydrogen-bond donors (Lipinski definition) is 2. The number of aromatic carboxylic acids is 2. The molecular formula is C10H9IO4. The first-order chi connectivity index (χ1) is 6.97. The standard InChI is InChI=1S/C10H9IO4/c1-5-7(4-11)2-6(9(12)13)3-8(5)10(14)15/h2-3H,4H2,1H3,(H,12,13)(H,14,15). The van der Waals surface area contributed by atoms with E-state index >= 15 is 0 Å². The van der Waals surface area contributed by atoms with Gasteiger partial charge in [0.05, 0.1) is 11.1 Å². The van der Waals surface area contributed by atoms with Gasteiger partial charge in [-0.1, -0.05) is 22.6 Å². The van der Waals surface area contributed by atoms with Crippen LogP contribution in [0.5, 0.6) is 0 Å². The summed E-state index contributed by atoms with van der Waals surface area (Å²) in [6, 6.07) is 2.70. The van der Waals surface area contributed by atoms with Crippen molar-refractivity contribution < 1.29 is 19.8 Å². The summed E-state index contributed by atoms with van der Waals surface area (Å²) in [6.45, 7) is 1.68. The molecule has 0 atom stereocenters. The van der Waals surface area contributed by atoms with Crippen LogP contribution in [0.25, 0.3) is 0 Å². The Bertz CT molecular complexity index is 426. The molecule has 1 rings (SSSR count). The van der Waals surface area contributed by atoms with Gasteiger partial charge in [-0.25, -0.2) is 9.59 Å². The summed E-state index contributed by atoms with van der Waals surface area (Å²) < 4.78 is 0.588. The number of carbonyl (C=O) groups is 2. The van der Waals surface area contributed by atoms with Crippen molar-refractivity contribution in [1.29, 1.82) is 0 Å². The van der Waals surface area contributed by atoms with Gasteiger partial charge < -0.3 is 10.2 Å². The lowest BCUT2D eigenvalue weighted by molar-refractivity contribution is 0.0695. The fraction of sp³-hybridized carbons (Fsp3) is 0.200. The third kappa shape index (κ3) is 2.47. The van der Waals surface area contributed by atoms with E-state index < -0.39 is 11.9 Å². The summed E-state index contributed by atoms with van der Waals surface area (Å²) in [4.78, 5) is 21.6. The summed E-state index contributed by atoms with van der Waals surface area (Å²) in [7, 11) is 0. The SMILES string of the molecule is Cc1c(CI)cc(C(=O)O)cc1C(=O)O. The Balaban J connectivity index is 3.45. The Morgan fingerprint density at radius 2 is 1.87 bits per heavy atom. The highest BCUT2D eigenvalue weighted by Crippen LogP contribution is 2.19. The molecule has 15 heavy (non-hydrogen) atoms. The molecule has 1 aromatic carbocycles. The molecule has 0 heterocycles. The second-order valence-corrected chi connectivity index (χ2v) is 3.81. The Labute approximate surface area is 100 Å². The van der Waals surface area contributed by atoms with Crippen molar-refractivity contribution in [3.05, 3.63) is 34.4 Å². The molecule has 0 amide bonds. The Morgan fingerprint density at radius 1 is 1.27 bits per heavy atom. The van der Waals surface area contributed by atoms with E-state index in [1.807, 2.05) is 0 Å². The van der Waals surface area contributed by atoms with Crippen molar-refractivity contribution in [1.82, 2.24) is 0 Å². The van der Waals surface area contributed by atoms with E-state index in [9.17, 15) is 9.59 Å². The average molecular weight is 320 g/mol. The van der Waals surface area contributed by atoms with Gasteiger partial charge in [0.1, 0.15) is 0 Å². The molecule has 0 radical (unpaired) electrons. The fourth-order valence-corrected chi connectivity index (χ4v) is 2.05. The Kier molecular flexibility index (Phi) is 3.67. The predicted octanol–water partition coefficient (Wildman–Crippen LogP) is 2.33. The van der Waals surface area contributed by atoms with E-state index in [1.54, 1.807) is 6.92 Å². The van der Waals surface area contributed by atoms with Gasteiger partial charge in [-0.3, -0.25) is 0 Å². The Morgan fingerprint density at radius 3 is 2.27 bits per heavy atom. The highest BCUT2D eigenvalue weighted by atomic mass is 127. The molecule has 4 nitrogen and oxygen atoms in total. The molecule has 1 aromatic rings. The van der Waals surface area contributed by atoms with Gasteiger partial charge in [0, 0.05) is 4.43 Å². The molecule has 0 spiro atoms. The van der Waals surface area contributed by atoms with Gasteiger partial charge in [0.15, 0.2) is 0 Å². The van der Waals surface area contributed by atoms with Crippen LogP contribution in [0.15, 0.2) is 12.1 Å². The number of halogens is 1. The van der Waals surface area contributed by atoms with Gasteiger partial charge >= 0.3 is 11.9 Å². The summed E-state index contributed by atoms with van der Waals surface area (Å²) in [5, 5.41) is 17.7. The first-order valence-corrected chi connectivity index (χ1v) is 5.66. The average Bonchev–Trinajstić information content (AvgIpc) is 2.17. The lowest BCUT2D eigenvalue weighted by Gasteiger charge is -2.07. The first kappa shape index (κ1) is 12.0. The van der Waals surface area contributed by atoms with E-state index in [0.29, 0.717) is 9.99 Å². The van der Waals surface area contributed by atoms with E-state index in [1.165, 1.54) is 12.1 Å². The molecule has 0 saturated carbocycles. The van der Waals surface area contributed by atoms with E-state index in [-0.39, 0.29) is 11.1 Å². The minimum Gasteiger partial charge on any atom is -0.478 e. The Hall–Kier alpha value is -1.11. The molecule has 2 N–H and O–H groups in total. The fourth-order valence-electron chi connectivity index (χ4n) is 1.26. The second kappa shape index (κ2) is 4.61. The smallest absolute Gasteiger partial charge is 0.335 e. The zero-order valence-corrected chi connectivity index (χ0v) is 10.1. The number of carboxylic acids is 2. The third-order valence-electron chi connectivity index (χ3n) is 2.14. The topological polar surface area (TPSA) is 74.6 Å². The van der Waals surface area contributed by atoms with Crippen molar-refractivity contribution >= 4 is 34.5 Å². The van der Waals surface area contributed by atoms with Crippen LogP contribution in [0, 0.1) is 6.92 Å². The molecule has 0 aromatic heterocycles. The monoisotopic (exact) mass is 320 g/mol. The minimum absolute atomic E-state index is 0.0182. The molecule has 0 aliphatic heterocycles. The number of hydrogen-bond acceptors (Lipinski definition) is 2. The van der Waals surface area contributed by atoms with Crippen LogP contribution >= 0.6 is 22.6 Å². The molecule has 0 aliphatic carbocycles. The third-order valence-corrected chi connectivity index (χ3v) is 2.96. The van der Waals surface area contributed by atoms with E-state index in [2.05, 4.69) is 22.6 Å². The zero-order valence-electron chi connectivity index (χ0n) is 7.95. The van der Waals surface area contributed by atoms with Crippen molar-refractivity contribution in [3.8, 4) is 0 Å². The van der Waals surface area contributed by atoms with Crippen LogP contribution in [-0.2, 0) is 4.43 Å². The van der Waals surface area contributed by atoms with E-state index in [0.717, 1.165) is 5.56 Å². The maximum Gasteiger partial charge on any atom is 0.335 e. The van der Waals surface area contributed by atoms with Gasteiger partial charge in [-0.2, -0.15) is 0 Å². The summed E-state index contributed by atoms with van der Waals surface area (Å²) >= 11 is 2.07. The van der Waals surface area contributed by atoms with Gasteiger partial charge in [-0.05, 0) is 30.2 Å². The van der Waals surface area contributed by atoms with Gasteiger partial charge in [-0.15, -0.1) is 0 Å². The molecule has 0 aliphatic rings. The first-order valence-electron chi connectivity index (χ1n) is 4.13. The molecule has 0 unspecified atom stereocenters. The maximum atomic E-state index is 10.9. The van der Waals surface area contributed by atoms with Gasteiger partial charge in [0.25, 0.3) is 0 Å². The lowest BCUT2D eigenvalue weighted by Crippen LogP contribution is -2.07. The minimum atomic E-state index is -1.11. The number of carboxylic acid groups (broad SMARTS) is 2. The van der Waals surface area contributed by atoms with Crippen molar-refractivity contribution in [3.63, 3.8) is 0 Å². The number of benzene rings is 1. The summed E-state index contributed by atoms with van der Waals surface area (Å²) in [6.07, 6.45) is 0. The lowest BCUT2D eigenvalue weighted by atomic mass is 10.00. The van der Waals surface area contributed by atoms with Crippen LogP contribution in [0.1, 0.15) is 31.8 Å². The summed E-state index contributed by atoms with van der Waals surface area (Å²) in [5.41, 5.74) is 1.45. The van der Waals surface area contributed by atoms with Crippen molar-refractivity contribution in [2.75, 3.05) is 0 Å². The molecule has 0 saturated heterocycles. The van der Waals surface area contributed by atoms with Crippen LogP contribution in [0.2, 0.25) is 0 Å². The predicted molar refractivity (Wildman–Crippen MR) is 62.8 cm³/mol. The van der Waals surface area contributed by atoms with E-state index in [4.69, 9.17) is 10.2 Å². The quantitative estimate of drug-likeness (QED) is 0.662. The molecule has 0 fully saturated rings. The highest BCUT2D eigenvalue weighted by molar-refractivity contribution is 14.1. The molecule has 0 bridgehead atoms. The molecule has 5 heteroatoms. The highest BCUT2D eigenvalue weighted by Gasteiger charge is 2.15. The van der Waals surface area contributed by atoms with Crippen LogP contribution < -0.4 is 0 Å². The maximum absolute atomic E-state index is 10.9. The van der Waals surface area contributed by atoms with Crippen LogP contribution in [0.4, 0.5) is 0 Å². The number of alkyl halides is 1. The second-order valence-electron chi connectivity index (χ2n) is 3.05. The largest absolute Gasteiger partial charge is 0.478 e. The van der Waals surface area contributed by atoms with Crippen LogP contribution in [-0.4, -0.2) is 22.2 Å². The molecule has 80 valence electrons. The van der Waals surface area contributed by atoms with Gasteiger partial charge in [0.2, 0.25) is 0 Å². The number of rotatable bonds is 3. The zero-order chi connectivity index (χ0) is 11.6. The summed E-state index contributed by atoms with van der Waals surface area (Å²) in [5.74, 6) is -2.20. The van der Waals surface area contributed by atoms with Crippen LogP contribution in [0.3, 0.4) is 0 Å². The van der Waals surface area contributed by atoms with Crippen molar-refractivity contribution in [2.45, 2.75) is 11.4 Å². The van der Waals surface area contributed by atoms with Crippen molar-refractivity contribution in [2.24, 2.45) is 0 Å².